The monoisotopic (exact) mass is 462 g/mol. The molecule has 0 aliphatic heterocycles. The van der Waals surface area contributed by atoms with Crippen molar-refractivity contribution in [3.63, 3.8) is 0 Å². The average molecular weight is 463 g/mol. The molecule has 0 spiro atoms. The van der Waals surface area contributed by atoms with Crippen molar-refractivity contribution in [1.82, 2.24) is 10.2 Å². The second kappa shape index (κ2) is 13.6. The molecule has 0 heterocycles. The molecule has 2 aromatic carbocycles. The standard InChI is InChI=1S/C24H31ClN2O5/c1-4-31-15-7-14-26-24(29)18(2)27(16-19-10-12-20(30-3)13-11-19)23(28)17-32-22-9-6-5-8-21(22)25/h5-6,8-13,18H,4,7,14-17H2,1-3H3,(H,26,29). The molecule has 1 N–H and O–H groups in total. The minimum atomic E-state index is -0.688. The van der Waals surface area contributed by atoms with Gasteiger partial charge in [-0.25, -0.2) is 0 Å². The summed E-state index contributed by atoms with van der Waals surface area (Å²) in [6.07, 6.45) is 0.703. The van der Waals surface area contributed by atoms with Crippen LogP contribution in [0.1, 0.15) is 25.8 Å². The minimum Gasteiger partial charge on any atom is -0.497 e. The van der Waals surface area contributed by atoms with Crippen molar-refractivity contribution in [2.75, 3.05) is 33.5 Å². The normalized spacial score (nSPS) is 11.5. The summed E-state index contributed by atoms with van der Waals surface area (Å²) in [5.41, 5.74) is 0.868. The van der Waals surface area contributed by atoms with Crippen molar-refractivity contribution in [2.24, 2.45) is 0 Å². The van der Waals surface area contributed by atoms with Crippen molar-refractivity contribution in [3.05, 3.63) is 59.1 Å². The first kappa shape index (κ1) is 25.5. The number of nitrogens with one attached hydrogen (secondary N) is 1. The van der Waals surface area contributed by atoms with Gasteiger partial charge in [-0.3, -0.25) is 9.59 Å². The molecule has 7 nitrogen and oxygen atoms in total. The van der Waals surface area contributed by atoms with Crippen LogP contribution in [0.25, 0.3) is 0 Å². The summed E-state index contributed by atoms with van der Waals surface area (Å²) in [6.45, 7) is 5.34. The third-order valence-corrected chi connectivity index (χ3v) is 5.15. The lowest BCUT2D eigenvalue weighted by Crippen LogP contribution is -2.49. The van der Waals surface area contributed by atoms with Crippen LogP contribution in [0.3, 0.4) is 0 Å². The fourth-order valence-electron chi connectivity index (χ4n) is 2.97. The molecule has 1 atom stereocenters. The van der Waals surface area contributed by atoms with Gasteiger partial charge in [0.2, 0.25) is 5.91 Å². The van der Waals surface area contributed by atoms with E-state index in [1.165, 1.54) is 4.90 Å². The van der Waals surface area contributed by atoms with Crippen LogP contribution in [-0.2, 0) is 20.9 Å². The Morgan fingerprint density at radius 3 is 2.50 bits per heavy atom. The van der Waals surface area contributed by atoms with E-state index in [0.717, 1.165) is 5.56 Å². The van der Waals surface area contributed by atoms with E-state index in [1.54, 1.807) is 38.3 Å². The van der Waals surface area contributed by atoms with E-state index < -0.39 is 6.04 Å². The molecule has 0 radical (unpaired) electrons. The molecule has 32 heavy (non-hydrogen) atoms. The van der Waals surface area contributed by atoms with Gasteiger partial charge in [0.05, 0.1) is 12.1 Å². The Labute approximate surface area is 194 Å². The molecular formula is C24H31ClN2O5. The fourth-order valence-corrected chi connectivity index (χ4v) is 3.16. The van der Waals surface area contributed by atoms with E-state index in [0.29, 0.717) is 42.7 Å². The van der Waals surface area contributed by atoms with E-state index in [9.17, 15) is 9.59 Å². The van der Waals surface area contributed by atoms with E-state index in [4.69, 9.17) is 25.8 Å². The van der Waals surface area contributed by atoms with Crippen LogP contribution in [-0.4, -0.2) is 56.2 Å². The van der Waals surface area contributed by atoms with Crippen LogP contribution in [0.4, 0.5) is 0 Å². The van der Waals surface area contributed by atoms with Gasteiger partial charge in [-0.15, -0.1) is 0 Å². The Morgan fingerprint density at radius 2 is 1.84 bits per heavy atom. The number of para-hydroxylation sites is 1. The largest absolute Gasteiger partial charge is 0.497 e. The number of benzene rings is 2. The molecule has 0 saturated heterocycles. The molecular weight excluding hydrogens is 432 g/mol. The van der Waals surface area contributed by atoms with Crippen LogP contribution < -0.4 is 14.8 Å². The molecule has 2 aromatic rings. The van der Waals surface area contributed by atoms with Crippen LogP contribution in [0.15, 0.2) is 48.5 Å². The first-order valence-electron chi connectivity index (χ1n) is 10.6. The van der Waals surface area contributed by atoms with E-state index in [2.05, 4.69) is 5.32 Å². The zero-order valence-corrected chi connectivity index (χ0v) is 19.6. The Kier molecular flexibility index (Phi) is 10.8. The van der Waals surface area contributed by atoms with E-state index in [-0.39, 0.29) is 25.0 Å². The number of carbonyl (C=O) groups is 2. The second-order valence-electron chi connectivity index (χ2n) is 7.11. The van der Waals surface area contributed by atoms with Crippen molar-refractivity contribution < 1.29 is 23.8 Å². The highest BCUT2D eigenvalue weighted by Gasteiger charge is 2.26. The molecule has 0 bridgehead atoms. The first-order valence-corrected chi connectivity index (χ1v) is 11.0. The van der Waals surface area contributed by atoms with Gasteiger partial charge in [-0.2, -0.15) is 0 Å². The number of rotatable bonds is 13. The molecule has 0 aromatic heterocycles. The minimum absolute atomic E-state index is 0.234. The van der Waals surface area contributed by atoms with Crippen molar-refractivity contribution >= 4 is 23.4 Å². The Balaban J connectivity index is 2.07. The SMILES string of the molecule is CCOCCCNC(=O)C(C)N(Cc1ccc(OC)cc1)C(=O)COc1ccccc1Cl. The van der Waals surface area contributed by atoms with Gasteiger partial charge in [0.25, 0.3) is 5.91 Å². The predicted octanol–water partition coefficient (Wildman–Crippen LogP) is 3.69. The van der Waals surface area contributed by atoms with Gasteiger partial charge in [0.1, 0.15) is 17.5 Å². The molecule has 174 valence electrons. The number of amides is 2. The van der Waals surface area contributed by atoms with Gasteiger partial charge in [0, 0.05) is 26.3 Å². The Bertz CT molecular complexity index is 860. The van der Waals surface area contributed by atoms with Crippen LogP contribution >= 0.6 is 11.6 Å². The first-order chi connectivity index (χ1) is 15.5. The maximum absolute atomic E-state index is 13.0. The predicted molar refractivity (Wildman–Crippen MR) is 124 cm³/mol. The zero-order chi connectivity index (χ0) is 23.3. The smallest absolute Gasteiger partial charge is 0.261 e. The summed E-state index contributed by atoms with van der Waals surface area (Å²) in [4.78, 5) is 27.3. The molecule has 2 amide bonds. The quantitative estimate of drug-likeness (QED) is 0.459. The number of ether oxygens (including phenoxy) is 3. The summed E-state index contributed by atoms with van der Waals surface area (Å²) in [5.74, 6) is 0.576. The third kappa shape index (κ3) is 8.05. The molecule has 2 rings (SSSR count). The third-order valence-electron chi connectivity index (χ3n) is 4.84. The molecule has 8 heteroatoms. The fraction of sp³-hybridized carbons (Fsp3) is 0.417. The maximum Gasteiger partial charge on any atom is 0.261 e. The molecule has 0 fully saturated rings. The van der Waals surface area contributed by atoms with Crippen molar-refractivity contribution in [3.8, 4) is 11.5 Å². The number of nitrogens with zero attached hydrogens (tertiary/aromatic N) is 1. The summed E-state index contributed by atoms with van der Waals surface area (Å²) in [7, 11) is 1.59. The van der Waals surface area contributed by atoms with Gasteiger partial charge in [-0.1, -0.05) is 35.9 Å². The Morgan fingerprint density at radius 1 is 1.12 bits per heavy atom. The van der Waals surface area contributed by atoms with Gasteiger partial charge in [0.15, 0.2) is 6.61 Å². The van der Waals surface area contributed by atoms with Crippen molar-refractivity contribution in [2.45, 2.75) is 32.9 Å². The lowest BCUT2D eigenvalue weighted by molar-refractivity contribution is -0.142. The van der Waals surface area contributed by atoms with Crippen LogP contribution in [0, 0.1) is 0 Å². The Hall–Kier alpha value is -2.77. The summed E-state index contributed by atoms with van der Waals surface area (Å²) in [5, 5.41) is 3.29. The lowest BCUT2D eigenvalue weighted by Gasteiger charge is -2.29. The highest BCUT2D eigenvalue weighted by Crippen LogP contribution is 2.23. The van der Waals surface area contributed by atoms with Crippen LogP contribution in [0.5, 0.6) is 11.5 Å². The molecule has 0 aliphatic carbocycles. The average Bonchev–Trinajstić information content (AvgIpc) is 2.81. The number of methoxy groups -OCH3 is 1. The summed E-state index contributed by atoms with van der Waals surface area (Å²) in [6, 6.07) is 13.6. The number of carbonyl (C=O) groups excluding carboxylic acids is 2. The van der Waals surface area contributed by atoms with Crippen LogP contribution in [0.2, 0.25) is 5.02 Å². The highest BCUT2D eigenvalue weighted by atomic mass is 35.5. The topological polar surface area (TPSA) is 77.1 Å². The number of hydrogen-bond acceptors (Lipinski definition) is 5. The van der Waals surface area contributed by atoms with Gasteiger partial charge >= 0.3 is 0 Å². The van der Waals surface area contributed by atoms with Gasteiger partial charge < -0.3 is 24.4 Å². The lowest BCUT2D eigenvalue weighted by atomic mass is 10.1. The molecule has 1 unspecified atom stereocenters. The molecule has 0 aliphatic rings. The van der Waals surface area contributed by atoms with Gasteiger partial charge in [-0.05, 0) is 50.1 Å². The summed E-state index contributed by atoms with van der Waals surface area (Å²) >= 11 is 6.12. The summed E-state index contributed by atoms with van der Waals surface area (Å²) < 4.78 is 16.1. The number of hydrogen-bond donors (Lipinski definition) is 1. The van der Waals surface area contributed by atoms with E-state index in [1.807, 2.05) is 31.2 Å². The van der Waals surface area contributed by atoms with E-state index >= 15 is 0 Å². The maximum atomic E-state index is 13.0. The van der Waals surface area contributed by atoms with Crippen molar-refractivity contribution in [1.29, 1.82) is 0 Å². The zero-order valence-electron chi connectivity index (χ0n) is 18.8. The molecule has 0 saturated carbocycles. The second-order valence-corrected chi connectivity index (χ2v) is 7.51. The highest BCUT2D eigenvalue weighted by molar-refractivity contribution is 6.32. The number of halogens is 1.